The Labute approximate surface area is 229 Å². The fourth-order valence-electron chi connectivity index (χ4n) is 4.41. The van der Waals surface area contributed by atoms with Gasteiger partial charge in [-0.1, -0.05) is 32.0 Å². The van der Waals surface area contributed by atoms with E-state index in [1.807, 2.05) is 13.8 Å². The molecule has 0 aliphatic heterocycles. The molecule has 0 saturated carbocycles. The van der Waals surface area contributed by atoms with E-state index in [0.29, 0.717) is 30.8 Å². The fraction of sp³-hybridized carbons (Fsp3) is 0.387. The molecule has 3 aromatic carbocycles. The third-order valence-corrected chi connectivity index (χ3v) is 6.56. The lowest BCUT2D eigenvalue weighted by Gasteiger charge is -2.23. The maximum Gasteiger partial charge on any atom is 0.200 e. The number of aliphatic hydroxyl groups is 1. The van der Waals surface area contributed by atoms with Gasteiger partial charge in [-0.25, -0.2) is 0 Å². The lowest BCUT2D eigenvalue weighted by molar-refractivity contribution is -0.126. The van der Waals surface area contributed by atoms with E-state index >= 15 is 0 Å². The molecule has 3 aromatic rings. The van der Waals surface area contributed by atoms with Gasteiger partial charge in [0, 0.05) is 12.3 Å². The average Bonchev–Trinajstić information content (AvgIpc) is 2.90. The molecule has 0 saturated heterocycles. The first kappa shape index (κ1) is 29.6. The van der Waals surface area contributed by atoms with Gasteiger partial charge in [-0.05, 0) is 84.7 Å². The number of hydrogen-bond donors (Lipinski definition) is 5. The summed E-state index contributed by atoms with van der Waals surface area (Å²) in [6.45, 7) is 4.30. The number of hydrogen-bond acceptors (Lipinski definition) is 8. The van der Waals surface area contributed by atoms with E-state index in [-0.39, 0.29) is 59.7 Å². The van der Waals surface area contributed by atoms with E-state index in [2.05, 4.69) is 0 Å². The Morgan fingerprint density at radius 2 is 1.59 bits per heavy atom. The SMILES string of the molecule is COc1cc(CC[C@@H](O)[C@@H](Cc2cccc(O)c2)C(=O)CCc2cc(O)c(O)c(OCC(C)C)c2)ccc1O. The van der Waals surface area contributed by atoms with Crippen LogP contribution < -0.4 is 9.47 Å². The van der Waals surface area contributed by atoms with E-state index in [0.717, 1.165) is 11.1 Å². The summed E-state index contributed by atoms with van der Waals surface area (Å²) in [4.78, 5) is 13.4. The summed E-state index contributed by atoms with van der Waals surface area (Å²) >= 11 is 0. The number of carbonyl (C=O) groups is 1. The molecular weight excluding hydrogens is 500 g/mol. The Morgan fingerprint density at radius 3 is 2.28 bits per heavy atom. The number of benzene rings is 3. The van der Waals surface area contributed by atoms with Crippen LogP contribution in [0.3, 0.4) is 0 Å². The minimum atomic E-state index is -0.960. The molecular formula is C31H38O8. The maximum absolute atomic E-state index is 13.4. The summed E-state index contributed by atoms with van der Waals surface area (Å²) in [5, 5.41) is 51.2. The van der Waals surface area contributed by atoms with Gasteiger partial charge in [0.05, 0.1) is 19.8 Å². The zero-order valence-corrected chi connectivity index (χ0v) is 22.6. The highest BCUT2D eigenvalue weighted by molar-refractivity contribution is 5.82. The molecule has 0 spiro atoms. The average molecular weight is 539 g/mol. The third-order valence-electron chi connectivity index (χ3n) is 6.56. The second-order valence-electron chi connectivity index (χ2n) is 10.2. The zero-order chi connectivity index (χ0) is 28.5. The number of aryl methyl sites for hydroxylation is 2. The number of carbonyl (C=O) groups excluding carboxylic acids is 1. The number of ether oxygens (including phenoxy) is 2. The smallest absolute Gasteiger partial charge is 0.200 e. The van der Waals surface area contributed by atoms with Crippen molar-refractivity contribution in [3.8, 4) is 34.5 Å². The van der Waals surface area contributed by atoms with Gasteiger partial charge in [-0.3, -0.25) is 4.79 Å². The van der Waals surface area contributed by atoms with E-state index in [4.69, 9.17) is 9.47 Å². The van der Waals surface area contributed by atoms with Crippen LogP contribution in [0.4, 0.5) is 0 Å². The summed E-state index contributed by atoms with van der Waals surface area (Å²) in [5.41, 5.74) is 2.20. The lowest BCUT2D eigenvalue weighted by Crippen LogP contribution is -2.31. The maximum atomic E-state index is 13.4. The van der Waals surface area contributed by atoms with Crippen molar-refractivity contribution in [2.24, 2.45) is 11.8 Å². The van der Waals surface area contributed by atoms with Crippen molar-refractivity contribution in [2.45, 2.75) is 52.1 Å². The van der Waals surface area contributed by atoms with Gasteiger partial charge in [0.15, 0.2) is 23.0 Å². The summed E-state index contributed by atoms with van der Waals surface area (Å²) < 4.78 is 10.8. The zero-order valence-electron chi connectivity index (χ0n) is 22.6. The molecule has 5 N–H and O–H groups in total. The minimum absolute atomic E-state index is 0.0248. The van der Waals surface area contributed by atoms with Gasteiger partial charge in [0.25, 0.3) is 0 Å². The highest BCUT2D eigenvalue weighted by Gasteiger charge is 2.27. The molecule has 3 rings (SSSR count). The molecule has 0 heterocycles. The Balaban J connectivity index is 1.74. The minimum Gasteiger partial charge on any atom is -0.508 e. The molecule has 8 nitrogen and oxygen atoms in total. The first-order chi connectivity index (χ1) is 18.6. The predicted octanol–water partition coefficient (Wildman–Crippen LogP) is 4.91. The van der Waals surface area contributed by atoms with Crippen LogP contribution in [-0.2, 0) is 24.1 Å². The Bertz CT molecular complexity index is 1250. The molecule has 0 unspecified atom stereocenters. The van der Waals surface area contributed by atoms with E-state index < -0.39 is 12.0 Å². The van der Waals surface area contributed by atoms with Crippen molar-refractivity contribution in [1.29, 1.82) is 0 Å². The Hall–Kier alpha value is -3.91. The van der Waals surface area contributed by atoms with Crippen molar-refractivity contribution in [3.05, 3.63) is 71.3 Å². The number of rotatable bonds is 14. The number of phenols is 4. The second-order valence-corrected chi connectivity index (χ2v) is 10.2. The number of methoxy groups -OCH3 is 1. The molecule has 0 bridgehead atoms. The van der Waals surface area contributed by atoms with E-state index in [1.165, 1.54) is 19.2 Å². The molecule has 210 valence electrons. The van der Waals surface area contributed by atoms with Gasteiger partial charge in [-0.15, -0.1) is 0 Å². The molecule has 0 radical (unpaired) electrons. The molecule has 0 aliphatic carbocycles. The predicted molar refractivity (Wildman–Crippen MR) is 148 cm³/mol. The van der Waals surface area contributed by atoms with Crippen molar-refractivity contribution < 1.29 is 39.8 Å². The number of aromatic hydroxyl groups is 4. The van der Waals surface area contributed by atoms with Crippen LogP contribution in [-0.4, -0.2) is 51.1 Å². The molecule has 8 heteroatoms. The first-order valence-electron chi connectivity index (χ1n) is 13.1. The van der Waals surface area contributed by atoms with Crippen LogP contribution in [0.25, 0.3) is 0 Å². The van der Waals surface area contributed by atoms with Crippen LogP contribution in [0.15, 0.2) is 54.6 Å². The van der Waals surface area contributed by atoms with Crippen LogP contribution in [0.1, 0.15) is 43.4 Å². The van der Waals surface area contributed by atoms with Crippen molar-refractivity contribution >= 4 is 5.78 Å². The third kappa shape index (κ3) is 8.55. The molecule has 0 aromatic heterocycles. The topological polar surface area (TPSA) is 137 Å². The molecule has 39 heavy (non-hydrogen) atoms. The van der Waals surface area contributed by atoms with Crippen LogP contribution >= 0.6 is 0 Å². The monoisotopic (exact) mass is 538 g/mol. The van der Waals surface area contributed by atoms with Crippen LogP contribution in [0, 0.1) is 11.8 Å². The van der Waals surface area contributed by atoms with Crippen LogP contribution in [0.2, 0.25) is 0 Å². The van der Waals surface area contributed by atoms with Gasteiger partial charge < -0.3 is 35.0 Å². The highest BCUT2D eigenvalue weighted by Crippen LogP contribution is 2.37. The summed E-state index contributed by atoms with van der Waals surface area (Å²) in [6.07, 6.45) is 0.430. The Kier molecular flexibility index (Phi) is 10.5. The molecule has 2 atom stereocenters. The first-order valence-corrected chi connectivity index (χ1v) is 13.1. The molecule has 0 aliphatic rings. The molecule has 0 amide bonds. The second kappa shape index (κ2) is 13.8. The number of phenolic OH excluding ortho intramolecular Hbond substituents is 4. The standard InChI is InChI=1S/C31H38O8/c1-19(2)18-39-30-17-22(15-28(36)31(30)37)9-11-26(34)24(14-21-5-4-6-23(32)13-21)25(33)10-7-20-8-12-27(35)29(16-20)38-3/h4-6,8,12-13,15-17,19,24-25,32-33,35-37H,7,9-11,14,18H2,1-3H3/t24-,25-/m1/s1. The van der Waals surface area contributed by atoms with Gasteiger partial charge >= 0.3 is 0 Å². The quantitative estimate of drug-likeness (QED) is 0.183. The summed E-state index contributed by atoms with van der Waals surface area (Å²) in [5.74, 6) is -0.725. The Morgan fingerprint density at radius 1 is 0.846 bits per heavy atom. The normalized spacial score (nSPS) is 12.7. The van der Waals surface area contributed by atoms with Crippen molar-refractivity contribution in [2.75, 3.05) is 13.7 Å². The van der Waals surface area contributed by atoms with E-state index in [1.54, 1.807) is 42.5 Å². The van der Waals surface area contributed by atoms with Gasteiger partial charge in [0.1, 0.15) is 11.5 Å². The van der Waals surface area contributed by atoms with Gasteiger partial charge in [-0.2, -0.15) is 0 Å². The van der Waals surface area contributed by atoms with Crippen molar-refractivity contribution in [1.82, 2.24) is 0 Å². The fourth-order valence-corrected chi connectivity index (χ4v) is 4.41. The number of Topliss-reactive ketones (excluding diaryl/α,β-unsaturated/α-hetero) is 1. The summed E-state index contributed by atoms with van der Waals surface area (Å²) in [7, 11) is 1.46. The van der Waals surface area contributed by atoms with E-state index in [9.17, 15) is 30.3 Å². The summed E-state index contributed by atoms with van der Waals surface area (Å²) in [6, 6.07) is 14.6. The highest BCUT2D eigenvalue weighted by atomic mass is 16.5. The largest absolute Gasteiger partial charge is 0.508 e. The van der Waals surface area contributed by atoms with Crippen LogP contribution in [0.5, 0.6) is 34.5 Å². The van der Waals surface area contributed by atoms with Gasteiger partial charge in [0.2, 0.25) is 5.75 Å². The molecule has 0 fully saturated rings. The number of ketones is 1. The number of aliphatic hydroxyl groups excluding tert-OH is 1. The van der Waals surface area contributed by atoms with Crippen molar-refractivity contribution in [3.63, 3.8) is 0 Å². The lowest BCUT2D eigenvalue weighted by atomic mass is 9.85.